The largest absolute Gasteiger partial charge is 0.433 e. The summed E-state index contributed by atoms with van der Waals surface area (Å²) in [6.07, 6.45) is -3.10. The predicted octanol–water partition coefficient (Wildman–Crippen LogP) is 0.355. The smallest absolute Gasteiger partial charge is 0.414 e. The standard InChI is InChI=1S/C10H9NO4/c12-7(6-4-2-1-3-5-6)8-9(13)11-10(14)15-8/h1-5,7-8,12H,(H,11,13,14). The number of cyclic esters (lactones) is 1. The minimum atomic E-state index is -1.15. The molecule has 0 aliphatic carbocycles. The minimum Gasteiger partial charge on any atom is -0.433 e. The Morgan fingerprint density at radius 1 is 1.27 bits per heavy atom. The van der Waals surface area contributed by atoms with Gasteiger partial charge in [-0.15, -0.1) is 0 Å². The summed E-state index contributed by atoms with van der Waals surface area (Å²) in [6.45, 7) is 0. The Balaban J connectivity index is 2.18. The Labute approximate surface area is 85.7 Å². The van der Waals surface area contributed by atoms with E-state index in [1.165, 1.54) is 0 Å². The molecule has 78 valence electrons. The summed E-state index contributed by atoms with van der Waals surface area (Å²) in [5, 5.41) is 11.7. The molecule has 2 rings (SSSR count). The highest BCUT2D eigenvalue weighted by molar-refractivity contribution is 6.00. The van der Waals surface area contributed by atoms with Crippen LogP contribution in [0.2, 0.25) is 0 Å². The molecule has 0 radical (unpaired) electrons. The Hall–Kier alpha value is -1.88. The van der Waals surface area contributed by atoms with Gasteiger partial charge in [0, 0.05) is 0 Å². The van der Waals surface area contributed by atoms with E-state index in [9.17, 15) is 14.7 Å². The first-order valence-corrected chi connectivity index (χ1v) is 4.43. The van der Waals surface area contributed by atoms with Gasteiger partial charge >= 0.3 is 6.09 Å². The number of rotatable bonds is 2. The number of ether oxygens (including phenoxy) is 1. The van der Waals surface area contributed by atoms with E-state index in [2.05, 4.69) is 4.74 Å². The fourth-order valence-electron chi connectivity index (χ4n) is 1.40. The van der Waals surface area contributed by atoms with Crippen LogP contribution in [0.15, 0.2) is 30.3 Å². The first-order valence-electron chi connectivity index (χ1n) is 4.43. The maximum Gasteiger partial charge on any atom is 0.414 e. The lowest BCUT2D eigenvalue weighted by Crippen LogP contribution is -2.29. The van der Waals surface area contributed by atoms with Crippen LogP contribution in [-0.2, 0) is 9.53 Å². The van der Waals surface area contributed by atoms with E-state index >= 15 is 0 Å². The number of aliphatic hydroxyl groups is 1. The molecule has 0 bridgehead atoms. The van der Waals surface area contributed by atoms with Crippen LogP contribution in [0, 0.1) is 0 Å². The van der Waals surface area contributed by atoms with Crippen LogP contribution in [0.5, 0.6) is 0 Å². The monoisotopic (exact) mass is 207 g/mol. The number of carbonyl (C=O) groups is 2. The van der Waals surface area contributed by atoms with Gasteiger partial charge in [-0.2, -0.15) is 0 Å². The van der Waals surface area contributed by atoms with E-state index in [1.807, 2.05) is 5.32 Å². The third kappa shape index (κ3) is 1.82. The third-order valence-electron chi connectivity index (χ3n) is 2.15. The molecule has 1 aliphatic rings. The molecule has 0 saturated carbocycles. The normalized spacial score (nSPS) is 22.1. The Bertz CT molecular complexity index is 390. The summed E-state index contributed by atoms with van der Waals surface area (Å²) in [5.41, 5.74) is 0.535. The summed E-state index contributed by atoms with van der Waals surface area (Å²) in [4.78, 5) is 21.9. The molecule has 5 heteroatoms. The van der Waals surface area contributed by atoms with Crippen LogP contribution >= 0.6 is 0 Å². The molecule has 2 N–H and O–H groups in total. The molecule has 1 fully saturated rings. The van der Waals surface area contributed by atoms with Crippen LogP contribution in [0.3, 0.4) is 0 Å². The molecule has 1 aromatic carbocycles. The summed E-state index contributed by atoms with van der Waals surface area (Å²) < 4.78 is 4.64. The van der Waals surface area contributed by atoms with E-state index in [1.54, 1.807) is 30.3 Å². The number of carbonyl (C=O) groups excluding carboxylic acids is 2. The number of hydrogen-bond acceptors (Lipinski definition) is 4. The first-order chi connectivity index (χ1) is 7.18. The highest BCUT2D eigenvalue weighted by atomic mass is 16.6. The predicted molar refractivity (Wildman–Crippen MR) is 49.8 cm³/mol. The van der Waals surface area contributed by atoms with Crippen LogP contribution in [-0.4, -0.2) is 23.2 Å². The molecule has 1 saturated heterocycles. The van der Waals surface area contributed by atoms with E-state index in [4.69, 9.17) is 0 Å². The van der Waals surface area contributed by atoms with Crippen molar-refractivity contribution >= 4 is 12.0 Å². The van der Waals surface area contributed by atoms with E-state index < -0.39 is 24.2 Å². The first kappa shape index (κ1) is 9.67. The van der Waals surface area contributed by atoms with Crippen molar-refractivity contribution in [1.29, 1.82) is 0 Å². The number of benzene rings is 1. The fraction of sp³-hybridized carbons (Fsp3) is 0.200. The van der Waals surface area contributed by atoms with Crippen molar-refractivity contribution in [3.05, 3.63) is 35.9 Å². The summed E-state index contributed by atoms with van der Waals surface area (Å²) in [6, 6.07) is 8.56. The highest BCUT2D eigenvalue weighted by Gasteiger charge is 2.38. The second kappa shape index (κ2) is 3.70. The van der Waals surface area contributed by atoms with Crippen molar-refractivity contribution in [2.24, 2.45) is 0 Å². The molecule has 15 heavy (non-hydrogen) atoms. The van der Waals surface area contributed by atoms with E-state index in [0.29, 0.717) is 5.56 Å². The zero-order valence-electron chi connectivity index (χ0n) is 7.71. The van der Waals surface area contributed by atoms with Gasteiger partial charge in [-0.05, 0) is 5.56 Å². The molecule has 2 atom stereocenters. The lowest BCUT2D eigenvalue weighted by molar-refractivity contribution is -0.128. The molecule has 0 aromatic heterocycles. The van der Waals surface area contributed by atoms with E-state index in [-0.39, 0.29) is 0 Å². The molecule has 0 spiro atoms. The van der Waals surface area contributed by atoms with Crippen LogP contribution in [0.1, 0.15) is 11.7 Å². The van der Waals surface area contributed by atoms with Crippen molar-refractivity contribution in [1.82, 2.24) is 5.32 Å². The second-order valence-electron chi connectivity index (χ2n) is 3.17. The minimum absolute atomic E-state index is 0.535. The maximum absolute atomic E-state index is 11.2. The van der Waals surface area contributed by atoms with Crippen molar-refractivity contribution in [2.75, 3.05) is 0 Å². The van der Waals surface area contributed by atoms with Gasteiger partial charge in [-0.1, -0.05) is 30.3 Å². The van der Waals surface area contributed by atoms with Crippen molar-refractivity contribution in [2.45, 2.75) is 12.2 Å². The van der Waals surface area contributed by atoms with Gasteiger partial charge in [0.05, 0.1) is 0 Å². The van der Waals surface area contributed by atoms with Crippen LogP contribution in [0.4, 0.5) is 4.79 Å². The van der Waals surface area contributed by atoms with Gasteiger partial charge in [-0.25, -0.2) is 4.79 Å². The molecule has 5 nitrogen and oxygen atoms in total. The quantitative estimate of drug-likeness (QED) is 0.733. The molecular weight excluding hydrogens is 198 g/mol. The number of hydrogen-bond donors (Lipinski definition) is 2. The van der Waals surface area contributed by atoms with Gasteiger partial charge in [0.25, 0.3) is 5.91 Å². The van der Waals surface area contributed by atoms with Crippen molar-refractivity contribution in [3.63, 3.8) is 0 Å². The number of alkyl carbamates (subject to hydrolysis) is 1. The van der Waals surface area contributed by atoms with Gasteiger partial charge in [0.15, 0.2) is 0 Å². The Morgan fingerprint density at radius 3 is 2.47 bits per heavy atom. The van der Waals surface area contributed by atoms with Gasteiger partial charge in [-0.3, -0.25) is 10.1 Å². The number of nitrogens with one attached hydrogen (secondary N) is 1. The summed E-state index contributed by atoms with van der Waals surface area (Å²) in [7, 11) is 0. The van der Waals surface area contributed by atoms with Crippen LogP contribution < -0.4 is 5.32 Å². The van der Waals surface area contributed by atoms with Gasteiger partial charge < -0.3 is 9.84 Å². The fourth-order valence-corrected chi connectivity index (χ4v) is 1.40. The Kier molecular flexibility index (Phi) is 2.39. The van der Waals surface area contributed by atoms with Crippen LogP contribution in [0.25, 0.3) is 0 Å². The zero-order chi connectivity index (χ0) is 10.8. The zero-order valence-corrected chi connectivity index (χ0v) is 7.71. The highest BCUT2D eigenvalue weighted by Crippen LogP contribution is 2.21. The molecule has 1 aliphatic heterocycles. The molecule has 2 amide bonds. The average molecular weight is 207 g/mol. The van der Waals surface area contributed by atoms with Crippen molar-refractivity contribution < 1.29 is 19.4 Å². The maximum atomic E-state index is 11.2. The number of imide groups is 1. The van der Waals surface area contributed by atoms with Gasteiger partial charge in [0.2, 0.25) is 6.10 Å². The average Bonchev–Trinajstić information content (AvgIpc) is 2.58. The SMILES string of the molecule is O=C1NC(=O)C(C(O)c2ccccc2)O1. The lowest BCUT2D eigenvalue weighted by Gasteiger charge is -2.14. The number of amides is 2. The molecular formula is C10H9NO4. The van der Waals surface area contributed by atoms with Gasteiger partial charge in [0.1, 0.15) is 6.10 Å². The Morgan fingerprint density at radius 2 is 1.93 bits per heavy atom. The summed E-state index contributed by atoms with van der Waals surface area (Å²) >= 11 is 0. The summed E-state index contributed by atoms with van der Waals surface area (Å²) in [5.74, 6) is -0.614. The number of aliphatic hydroxyl groups excluding tert-OH is 1. The molecule has 1 aromatic rings. The topological polar surface area (TPSA) is 75.6 Å². The third-order valence-corrected chi connectivity index (χ3v) is 2.15. The van der Waals surface area contributed by atoms with Crippen molar-refractivity contribution in [3.8, 4) is 0 Å². The lowest BCUT2D eigenvalue weighted by atomic mass is 10.0. The van der Waals surface area contributed by atoms with E-state index in [0.717, 1.165) is 0 Å². The molecule has 1 heterocycles. The molecule has 2 unspecified atom stereocenters. The second-order valence-corrected chi connectivity index (χ2v) is 3.17.